The van der Waals surface area contributed by atoms with Crippen LogP contribution in [-0.4, -0.2) is 18.2 Å². The molecule has 0 unspecified atom stereocenters. The Kier molecular flexibility index (Phi) is 4.84. The molecule has 0 radical (unpaired) electrons. The Balaban J connectivity index is 1.70. The Morgan fingerprint density at radius 1 is 0.962 bits per heavy atom. The van der Waals surface area contributed by atoms with Crippen molar-refractivity contribution in [3.63, 3.8) is 0 Å². The van der Waals surface area contributed by atoms with E-state index in [1.165, 1.54) is 0 Å². The number of alkyl halides is 3. The van der Waals surface area contributed by atoms with Crippen LogP contribution in [0.4, 0.5) is 13.2 Å². The molecule has 0 aliphatic heterocycles. The van der Waals surface area contributed by atoms with Gasteiger partial charge in [-0.3, -0.25) is 0 Å². The van der Waals surface area contributed by atoms with Crippen LogP contribution in [0.2, 0.25) is 0 Å². The third kappa shape index (κ3) is 4.12. The maximum Gasteiger partial charge on any atom is 0.416 e. The van der Waals surface area contributed by atoms with E-state index < -0.39 is 21.8 Å². The molecule has 5 nitrogen and oxygen atoms in total. The minimum absolute atomic E-state index is 0.0802. The first-order chi connectivity index (χ1) is 12.3. The Morgan fingerprint density at radius 3 is 2.23 bits per heavy atom. The van der Waals surface area contributed by atoms with E-state index in [2.05, 4.69) is 9.82 Å². The summed E-state index contributed by atoms with van der Waals surface area (Å²) < 4.78 is 66.0. The van der Waals surface area contributed by atoms with Gasteiger partial charge in [-0.05, 0) is 42.5 Å². The molecule has 0 spiro atoms. The van der Waals surface area contributed by atoms with Gasteiger partial charge in [0.15, 0.2) is 0 Å². The minimum Gasteiger partial charge on any atom is -0.241 e. The molecule has 1 N–H and O–H groups in total. The number of nitrogens with zero attached hydrogens (tertiary/aromatic N) is 2. The zero-order valence-corrected chi connectivity index (χ0v) is 14.1. The summed E-state index contributed by atoms with van der Waals surface area (Å²) >= 11 is 0. The molecule has 0 fully saturated rings. The predicted octanol–water partition coefficient (Wildman–Crippen LogP) is 3.37. The second-order valence-electron chi connectivity index (χ2n) is 5.43. The van der Waals surface area contributed by atoms with Crippen molar-refractivity contribution in [3.05, 3.63) is 78.1 Å². The van der Waals surface area contributed by atoms with Crippen LogP contribution in [0.5, 0.6) is 0 Å². The summed E-state index contributed by atoms with van der Waals surface area (Å²) in [4.78, 5) is -0.243. The second-order valence-corrected chi connectivity index (χ2v) is 7.20. The van der Waals surface area contributed by atoms with Gasteiger partial charge in [0.25, 0.3) is 0 Å². The highest BCUT2D eigenvalue weighted by Crippen LogP contribution is 2.29. The lowest BCUT2D eigenvalue weighted by atomic mass is 10.2. The van der Waals surface area contributed by atoms with Gasteiger partial charge in [-0.25, -0.2) is 17.8 Å². The number of aromatic nitrogens is 2. The lowest BCUT2D eigenvalue weighted by molar-refractivity contribution is -0.137. The van der Waals surface area contributed by atoms with E-state index in [4.69, 9.17) is 0 Å². The molecule has 0 atom stereocenters. The highest BCUT2D eigenvalue weighted by molar-refractivity contribution is 7.89. The van der Waals surface area contributed by atoms with Gasteiger partial charge in [-0.1, -0.05) is 18.2 Å². The number of rotatable bonds is 5. The van der Waals surface area contributed by atoms with Gasteiger partial charge < -0.3 is 0 Å². The van der Waals surface area contributed by atoms with Gasteiger partial charge >= 0.3 is 6.18 Å². The molecule has 0 bridgehead atoms. The molecular formula is C17H14F3N3O2S. The molecule has 9 heteroatoms. The van der Waals surface area contributed by atoms with Gasteiger partial charge in [-0.15, -0.1) is 0 Å². The maximum atomic E-state index is 12.6. The van der Waals surface area contributed by atoms with Crippen LogP contribution in [0.15, 0.2) is 71.8 Å². The SMILES string of the molecule is O=S(=O)(NCc1ccn(-c2ccccc2)n1)c1ccc(C(F)(F)F)cc1. The van der Waals surface area contributed by atoms with Crippen molar-refractivity contribution in [2.24, 2.45) is 0 Å². The molecule has 1 heterocycles. The fraction of sp³-hybridized carbons (Fsp3) is 0.118. The van der Waals surface area contributed by atoms with Crippen LogP contribution in [0.25, 0.3) is 5.69 Å². The molecule has 0 saturated carbocycles. The van der Waals surface area contributed by atoms with Crippen LogP contribution in [0, 0.1) is 0 Å². The topological polar surface area (TPSA) is 64.0 Å². The summed E-state index contributed by atoms with van der Waals surface area (Å²) in [6.45, 7) is -0.0802. The van der Waals surface area contributed by atoms with E-state index in [1.807, 2.05) is 30.3 Å². The van der Waals surface area contributed by atoms with Crippen LogP contribution in [0.3, 0.4) is 0 Å². The van der Waals surface area contributed by atoms with Crippen LogP contribution >= 0.6 is 0 Å². The number of sulfonamides is 1. The van der Waals surface area contributed by atoms with Crippen molar-refractivity contribution in [1.82, 2.24) is 14.5 Å². The number of hydrogen-bond donors (Lipinski definition) is 1. The fourth-order valence-corrected chi connectivity index (χ4v) is 3.25. The third-order valence-corrected chi connectivity index (χ3v) is 5.02. The smallest absolute Gasteiger partial charge is 0.241 e. The Bertz CT molecular complexity index is 982. The monoisotopic (exact) mass is 381 g/mol. The van der Waals surface area contributed by atoms with E-state index in [1.54, 1.807) is 16.9 Å². The van der Waals surface area contributed by atoms with Crippen molar-refractivity contribution in [1.29, 1.82) is 0 Å². The zero-order valence-electron chi connectivity index (χ0n) is 13.3. The number of benzene rings is 2. The third-order valence-electron chi connectivity index (χ3n) is 3.60. The molecule has 3 rings (SSSR count). The van der Waals surface area contributed by atoms with Gasteiger partial charge in [0, 0.05) is 6.20 Å². The summed E-state index contributed by atoms with van der Waals surface area (Å²) in [6, 6.07) is 14.2. The van der Waals surface area contributed by atoms with Crippen LogP contribution in [-0.2, 0) is 22.7 Å². The fourth-order valence-electron chi connectivity index (χ4n) is 2.26. The van der Waals surface area contributed by atoms with Gasteiger partial charge in [0.1, 0.15) is 0 Å². The summed E-state index contributed by atoms with van der Waals surface area (Å²) in [5.74, 6) is 0. The largest absolute Gasteiger partial charge is 0.416 e. The lowest BCUT2D eigenvalue weighted by Crippen LogP contribution is -2.23. The van der Waals surface area contributed by atoms with E-state index in [0.717, 1.165) is 30.0 Å². The first-order valence-electron chi connectivity index (χ1n) is 7.53. The highest BCUT2D eigenvalue weighted by Gasteiger charge is 2.30. The van der Waals surface area contributed by atoms with Crippen LogP contribution in [0.1, 0.15) is 11.3 Å². The first kappa shape index (κ1) is 18.2. The average Bonchev–Trinajstić information content (AvgIpc) is 3.09. The van der Waals surface area contributed by atoms with Crippen LogP contribution < -0.4 is 4.72 Å². The summed E-state index contributed by atoms with van der Waals surface area (Å²) in [6.07, 6.45) is -2.82. The molecule has 0 aliphatic carbocycles. The number of para-hydroxylation sites is 1. The molecule has 0 saturated heterocycles. The summed E-state index contributed by atoms with van der Waals surface area (Å²) in [5, 5.41) is 4.26. The van der Waals surface area contributed by atoms with Crippen molar-refractivity contribution in [2.75, 3.05) is 0 Å². The highest BCUT2D eigenvalue weighted by atomic mass is 32.2. The molecule has 1 aromatic heterocycles. The molecule has 0 amide bonds. The Morgan fingerprint density at radius 2 is 1.62 bits per heavy atom. The number of halogens is 3. The van der Waals surface area contributed by atoms with Crippen molar-refractivity contribution >= 4 is 10.0 Å². The lowest BCUT2D eigenvalue weighted by Gasteiger charge is -2.09. The summed E-state index contributed by atoms with van der Waals surface area (Å²) in [7, 11) is -3.94. The van der Waals surface area contributed by atoms with Gasteiger partial charge in [0.2, 0.25) is 10.0 Å². The summed E-state index contributed by atoms with van der Waals surface area (Å²) in [5.41, 5.74) is 0.395. The number of hydrogen-bond acceptors (Lipinski definition) is 3. The van der Waals surface area contributed by atoms with Gasteiger partial charge in [-0.2, -0.15) is 18.3 Å². The van der Waals surface area contributed by atoms with Crippen molar-refractivity contribution < 1.29 is 21.6 Å². The molecule has 3 aromatic rings. The normalized spacial score (nSPS) is 12.3. The standard InChI is InChI=1S/C17H14F3N3O2S/c18-17(19,20)13-6-8-16(9-7-13)26(24,25)21-12-14-10-11-23(22-14)15-4-2-1-3-5-15/h1-11,21H,12H2. The van der Waals surface area contributed by atoms with Crippen molar-refractivity contribution in [2.45, 2.75) is 17.6 Å². The molecular weight excluding hydrogens is 367 g/mol. The number of nitrogens with one attached hydrogen (secondary N) is 1. The Labute approximate surface area is 148 Å². The van der Waals surface area contributed by atoms with E-state index >= 15 is 0 Å². The van der Waals surface area contributed by atoms with Gasteiger partial charge in [0.05, 0.1) is 28.4 Å². The second kappa shape index (κ2) is 6.93. The quantitative estimate of drug-likeness (QED) is 0.737. The first-order valence-corrected chi connectivity index (χ1v) is 9.01. The Hall–Kier alpha value is -2.65. The van der Waals surface area contributed by atoms with E-state index in [9.17, 15) is 21.6 Å². The minimum atomic E-state index is -4.51. The molecule has 136 valence electrons. The predicted molar refractivity (Wildman–Crippen MR) is 89.0 cm³/mol. The average molecular weight is 381 g/mol. The maximum absolute atomic E-state index is 12.6. The van der Waals surface area contributed by atoms with Crippen molar-refractivity contribution in [3.8, 4) is 5.69 Å². The molecule has 0 aliphatic rings. The molecule has 26 heavy (non-hydrogen) atoms. The van der Waals surface area contributed by atoms with E-state index in [-0.39, 0.29) is 11.4 Å². The zero-order chi connectivity index (χ0) is 18.8. The van der Waals surface area contributed by atoms with E-state index in [0.29, 0.717) is 5.69 Å². The molecule has 2 aromatic carbocycles.